The zero-order chi connectivity index (χ0) is 21.1. The van der Waals surface area contributed by atoms with E-state index in [2.05, 4.69) is 32.7 Å². The molecule has 0 saturated carbocycles. The first-order valence-corrected chi connectivity index (χ1v) is 10.5. The lowest BCUT2D eigenvalue weighted by Gasteiger charge is -2.15. The van der Waals surface area contributed by atoms with Gasteiger partial charge in [-0.3, -0.25) is 4.79 Å². The number of benzene rings is 1. The maximum atomic E-state index is 11.9. The summed E-state index contributed by atoms with van der Waals surface area (Å²) in [6, 6.07) is 16.1. The van der Waals surface area contributed by atoms with Crippen LogP contribution in [0.25, 0.3) is 0 Å². The molecule has 1 aromatic heterocycles. The molecule has 1 amide bonds. The second-order valence-electron chi connectivity index (χ2n) is 6.78. The van der Waals surface area contributed by atoms with Crippen LogP contribution < -0.4 is 15.5 Å². The van der Waals surface area contributed by atoms with E-state index in [1.54, 1.807) is 30.8 Å². The van der Waals surface area contributed by atoms with E-state index in [-0.39, 0.29) is 12.5 Å². The van der Waals surface area contributed by atoms with Crippen LogP contribution in [0.3, 0.4) is 0 Å². The van der Waals surface area contributed by atoms with Crippen molar-refractivity contribution in [3.8, 4) is 0 Å². The van der Waals surface area contributed by atoms with Crippen molar-refractivity contribution in [3.05, 3.63) is 54.2 Å². The number of hydrogen-bond acceptors (Lipinski definition) is 5. The van der Waals surface area contributed by atoms with Gasteiger partial charge in [-0.2, -0.15) is 0 Å². The Morgan fingerprint density at radius 2 is 1.79 bits per heavy atom. The maximum absolute atomic E-state index is 11.9. The molecule has 2 rings (SSSR count). The largest absolute Gasteiger partial charge is 0.363 e. The van der Waals surface area contributed by atoms with Crippen LogP contribution >= 0.6 is 11.8 Å². The average molecular weight is 415 g/mol. The van der Waals surface area contributed by atoms with Crippen LogP contribution in [0.1, 0.15) is 5.69 Å². The Morgan fingerprint density at radius 1 is 1.03 bits per heavy atom. The van der Waals surface area contributed by atoms with Crippen molar-refractivity contribution in [1.29, 1.82) is 0 Å². The predicted molar refractivity (Wildman–Crippen MR) is 122 cm³/mol. The molecule has 0 aliphatic carbocycles. The van der Waals surface area contributed by atoms with E-state index in [0.29, 0.717) is 12.5 Å². The van der Waals surface area contributed by atoms with Gasteiger partial charge in [0.1, 0.15) is 5.82 Å². The highest BCUT2D eigenvalue weighted by Crippen LogP contribution is 2.15. The molecule has 7 nitrogen and oxygen atoms in total. The van der Waals surface area contributed by atoms with Crippen LogP contribution in [-0.2, 0) is 11.3 Å². The second kappa shape index (κ2) is 12.0. The fraction of sp³-hybridized carbons (Fsp3) is 0.381. The van der Waals surface area contributed by atoms with E-state index < -0.39 is 0 Å². The van der Waals surface area contributed by atoms with Crippen molar-refractivity contribution in [2.24, 2.45) is 4.99 Å². The SMILES string of the molecule is CN(C)C(=O)CNC(=NCc1cccc(N(C)C)n1)NCCSc1ccccc1. The van der Waals surface area contributed by atoms with Gasteiger partial charge in [0.05, 0.1) is 18.8 Å². The first kappa shape index (κ1) is 22.5. The van der Waals surface area contributed by atoms with E-state index in [9.17, 15) is 4.79 Å². The molecule has 0 fully saturated rings. The number of aliphatic imine (C=N–C) groups is 1. The average Bonchev–Trinajstić information content (AvgIpc) is 2.73. The molecule has 1 aromatic carbocycles. The molecule has 0 aliphatic heterocycles. The number of nitrogens with one attached hydrogen (secondary N) is 2. The third-order valence-corrected chi connectivity index (χ3v) is 4.98. The van der Waals surface area contributed by atoms with Gasteiger partial charge >= 0.3 is 0 Å². The summed E-state index contributed by atoms with van der Waals surface area (Å²) in [6.45, 7) is 1.35. The highest BCUT2D eigenvalue weighted by atomic mass is 32.2. The molecule has 0 bridgehead atoms. The Bertz CT molecular complexity index is 795. The summed E-state index contributed by atoms with van der Waals surface area (Å²) in [4.78, 5) is 25.8. The number of nitrogens with zero attached hydrogens (tertiary/aromatic N) is 4. The molecule has 0 radical (unpaired) electrons. The van der Waals surface area contributed by atoms with E-state index in [0.717, 1.165) is 23.8 Å². The van der Waals surface area contributed by atoms with Gasteiger partial charge in [-0.05, 0) is 24.3 Å². The Labute approximate surface area is 177 Å². The summed E-state index contributed by atoms with van der Waals surface area (Å²) in [6.07, 6.45) is 0. The van der Waals surface area contributed by atoms with Gasteiger partial charge in [0.2, 0.25) is 5.91 Å². The lowest BCUT2D eigenvalue weighted by atomic mass is 10.3. The summed E-state index contributed by atoms with van der Waals surface area (Å²) in [5.41, 5.74) is 0.870. The highest BCUT2D eigenvalue weighted by Gasteiger charge is 2.06. The first-order chi connectivity index (χ1) is 14.0. The summed E-state index contributed by atoms with van der Waals surface area (Å²) in [5.74, 6) is 2.37. The summed E-state index contributed by atoms with van der Waals surface area (Å²) in [7, 11) is 7.39. The molecule has 0 spiro atoms. The minimum atomic E-state index is -0.00843. The molecule has 29 heavy (non-hydrogen) atoms. The van der Waals surface area contributed by atoms with Crippen LogP contribution in [0.4, 0.5) is 5.82 Å². The number of rotatable bonds is 9. The number of hydrogen-bond donors (Lipinski definition) is 2. The lowest BCUT2D eigenvalue weighted by molar-refractivity contribution is -0.127. The quantitative estimate of drug-likeness (QED) is 0.283. The van der Waals surface area contributed by atoms with Crippen LogP contribution in [0, 0.1) is 0 Å². The van der Waals surface area contributed by atoms with Gasteiger partial charge in [-0.25, -0.2) is 9.98 Å². The number of anilines is 1. The Hall–Kier alpha value is -2.74. The minimum absolute atomic E-state index is 0.00843. The zero-order valence-electron chi connectivity index (χ0n) is 17.6. The van der Waals surface area contributed by atoms with Gasteiger partial charge in [-0.15, -0.1) is 11.8 Å². The Balaban J connectivity index is 1.94. The Morgan fingerprint density at radius 3 is 2.48 bits per heavy atom. The molecule has 0 unspecified atom stereocenters. The fourth-order valence-electron chi connectivity index (χ4n) is 2.31. The summed E-state index contributed by atoms with van der Waals surface area (Å²) >= 11 is 1.77. The normalized spacial score (nSPS) is 11.1. The highest BCUT2D eigenvalue weighted by molar-refractivity contribution is 7.99. The fourth-order valence-corrected chi connectivity index (χ4v) is 3.10. The second-order valence-corrected chi connectivity index (χ2v) is 7.94. The topological polar surface area (TPSA) is 72.9 Å². The van der Waals surface area contributed by atoms with E-state index in [4.69, 9.17) is 0 Å². The predicted octanol–water partition coefficient (Wildman–Crippen LogP) is 2.06. The zero-order valence-corrected chi connectivity index (χ0v) is 18.4. The monoisotopic (exact) mass is 414 g/mol. The van der Waals surface area contributed by atoms with Crippen molar-refractivity contribution in [2.75, 3.05) is 51.9 Å². The molecular weight excluding hydrogens is 384 g/mol. The van der Waals surface area contributed by atoms with Gasteiger partial charge in [0.25, 0.3) is 0 Å². The number of aromatic nitrogens is 1. The van der Waals surface area contributed by atoms with Crippen molar-refractivity contribution in [3.63, 3.8) is 0 Å². The van der Waals surface area contributed by atoms with Crippen molar-refractivity contribution < 1.29 is 4.79 Å². The molecule has 2 N–H and O–H groups in total. The van der Waals surface area contributed by atoms with Gasteiger partial charge in [-0.1, -0.05) is 24.3 Å². The number of likely N-dealkylation sites (N-methyl/N-ethyl adjacent to an activating group) is 1. The first-order valence-electron chi connectivity index (χ1n) is 9.49. The molecule has 8 heteroatoms. The number of carbonyl (C=O) groups is 1. The van der Waals surface area contributed by atoms with Crippen molar-refractivity contribution >= 4 is 29.4 Å². The third-order valence-electron chi connectivity index (χ3n) is 3.96. The minimum Gasteiger partial charge on any atom is -0.363 e. The van der Waals surface area contributed by atoms with Crippen LogP contribution in [0.15, 0.2) is 58.4 Å². The molecule has 2 aromatic rings. The Kier molecular flexibility index (Phi) is 9.30. The lowest BCUT2D eigenvalue weighted by Crippen LogP contribution is -2.43. The van der Waals surface area contributed by atoms with E-state index in [1.165, 1.54) is 4.90 Å². The molecule has 0 atom stereocenters. The van der Waals surface area contributed by atoms with Crippen molar-refractivity contribution in [1.82, 2.24) is 20.5 Å². The van der Waals surface area contributed by atoms with Gasteiger partial charge in [0.15, 0.2) is 5.96 Å². The van der Waals surface area contributed by atoms with Crippen molar-refractivity contribution in [2.45, 2.75) is 11.4 Å². The third kappa shape index (κ3) is 8.43. The maximum Gasteiger partial charge on any atom is 0.241 e. The van der Waals surface area contributed by atoms with Crippen LogP contribution in [-0.4, -0.2) is 68.8 Å². The van der Waals surface area contributed by atoms with Crippen LogP contribution in [0.5, 0.6) is 0 Å². The molecule has 1 heterocycles. The van der Waals surface area contributed by atoms with E-state index >= 15 is 0 Å². The van der Waals surface area contributed by atoms with Crippen LogP contribution in [0.2, 0.25) is 0 Å². The number of thioether (sulfide) groups is 1. The van der Waals surface area contributed by atoms with Gasteiger partial charge < -0.3 is 20.4 Å². The number of carbonyl (C=O) groups excluding carboxylic acids is 1. The standard InChI is InChI=1S/C21H30N6OS/c1-26(2)19-12-8-9-17(25-19)15-23-21(24-16-20(28)27(3)4)22-13-14-29-18-10-6-5-7-11-18/h5-12H,13-16H2,1-4H3,(H2,22,23,24). The van der Waals surface area contributed by atoms with E-state index in [1.807, 2.05) is 55.4 Å². The number of pyridine rings is 1. The molecule has 156 valence electrons. The summed E-state index contributed by atoms with van der Waals surface area (Å²) in [5, 5.41) is 6.41. The van der Waals surface area contributed by atoms with Gasteiger partial charge in [0, 0.05) is 45.4 Å². The number of amides is 1. The summed E-state index contributed by atoms with van der Waals surface area (Å²) < 4.78 is 0. The molecule has 0 saturated heterocycles. The smallest absolute Gasteiger partial charge is 0.241 e. The molecular formula is C21H30N6OS. The number of guanidine groups is 1. The molecule has 0 aliphatic rings.